The van der Waals surface area contributed by atoms with Gasteiger partial charge in [-0.05, 0) is 42.7 Å². The van der Waals surface area contributed by atoms with Crippen LogP contribution in [0.1, 0.15) is 32.9 Å². The number of rotatable bonds is 5. The van der Waals surface area contributed by atoms with E-state index in [1.54, 1.807) is 24.1 Å². The fourth-order valence-electron chi connectivity index (χ4n) is 4.68. The number of carbonyl (C=O) groups excluding carboxylic acids is 3. The number of imide groups is 1. The number of carbonyl (C=O) groups is 3. The highest BCUT2D eigenvalue weighted by Crippen LogP contribution is 2.34. The van der Waals surface area contributed by atoms with Crippen molar-refractivity contribution in [2.75, 3.05) is 13.7 Å². The van der Waals surface area contributed by atoms with Gasteiger partial charge in [-0.15, -0.1) is 0 Å². The number of amides is 4. The molecule has 1 saturated heterocycles. The van der Waals surface area contributed by atoms with Crippen molar-refractivity contribution in [3.63, 3.8) is 0 Å². The molecule has 4 amide bonds. The third-order valence-corrected chi connectivity index (χ3v) is 6.36. The minimum Gasteiger partial charge on any atom is -0.497 e. The monoisotopic (exact) mass is 445 g/mol. The summed E-state index contributed by atoms with van der Waals surface area (Å²) in [5, 5.41) is 12.3. The first-order chi connectivity index (χ1) is 15.8. The van der Waals surface area contributed by atoms with Crippen molar-refractivity contribution in [1.29, 1.82) is 0 Å². The molecule has 168 valence electrons. The molecule has 3 aromatic rings. The molecule has 2 aliphatic heterocycles. The predicted molar refractivity (Wildman–Crippen MR) is 120 cm³/mol. The number of hydrogen-bond acceptors (Lipinski definition) is 5. The summed E-state index contributed by atoms with van der Waals surface area (Å²) in [4.78, 5) is 39.9. The third kappa shape index (κ3) is 3.24. The van der Waals surface area contributed by atoms with E-state index in [2.05, 4.69) is 20.8 Å². The van der Waals surface area contributed by atoms with Crippen molar-refractivity contribution in [2.24, 2.45) is 0 Å². The molecule has 1 fully saturated rings. The number of hydrogen-bond donors (Lipinski definition) is 3. The minimum atomic E-state index is -1.39. The Morgan fingerprint density at radius 2 is 1.85 bits per heavy atom. The Hall–Kier alpha value is -4.14. The highest BCUT2D eigenvalue weighted by molar-refractivity contribution is 6.08. The molecular formula is C24H23N5O4. The van der Waals surface area contributed by atoms with Crippen LogP contribution in [0.3, 0.4) is 0 Å². The van der Waals surface area contributed by atoms with Gasteiger partial charge in [0.2, 0.25) is 0 Å². The van der Waals surface area contributed by atoms with Gasteiger partial charge in [0.25, 0.3) is 11.8 Å². The topological polar surface area (TPSA) is 116 Å². The van der Waals surface area contributed by atoms with Gasteiger partial charge >= 0.3 is 6.03 Å². The van der Waals surface area contributed by atoms with Crippen LogP contribution < -0.4 is 15.4 Å². The van der Waals surface area contributed by atoms with E-state index in [9.17, 15) is 14.4 Å². The predicted octanol–water partition coefficient (Wildman–Crippen LogP) is 2.39. The molecule has 1 atom stereocenters. The molecule has 0 aliphatic carbocycles. The second-order valence-electron chi connectivity index (χ2n) is 8.38. The summed E-state index contributed by atoms with van der Waals surface area (Å²) in [6, 6.07) is 12.2. The van der Waals surface area contributed by atoms with E-state index in [0.29, 0.717) is 23.4 Å². The summed E-state index contributed by atoms with van der Waals surface area (Å²) in [5.41, 5.74) is 4.34. The fraction of sp³-hybridized carbons (Fsp3) is 0.250. The van der Waals surface area contributed by atoms with Gasteiger partial charge in [0.05, 0.1) is 19.3 Å². The van der Waals surface area contributed by atoms with Gasteiger partial charge in [-0.1, -0.05) is 30.3 Å². The highest BCUT2D eigenvalue weighted by Gasteiger charge is 2.50. The van der Waals surface area contributed by atoms with E-state index in [4.69, 9.17) is 4.74 Å². The Labute approximate surface area is 190 Å². The van der Waals surface area contributed by atoms with E-state index >= 15 is 0 Å². The minimum absolute atomic E-state index is 0.00349. The van der Waals surface area contributed by atoms with Crippen LogP contribution >= 0.6 is 0 Å². The molecule has 2 aliphatic rings. The lowest BCUT2D eigenvalue weighted by molar-refractivity contribution is -0.124. The molecule has 0 saturated carbocycles. The van der Waals surface area contributed by atoms with Gasteiger partial charge in [0.1, 0.15) is 5.75 Å². The van der Waals surface area contributed by atoms with Crippen LogP contribution in [-0.4, -0.2) is 46.6 Å². The number of methoxy groups -OCH3 is 1. The summed E-state index contributed by atoms with van der Waals surface area (Å²) in [5.74, 6) is -0.109. The van der Waals surface area contributed by atoms with Crippen LogP contribution in [0.25, 0.3) is 11.1 Å². The van der Waals surface area contributed by atoms with E-state index < -0.39 is 17.5 Å². The fourth-order valence-corrected chi connectivity index (χ4v) is 4.68. The molecule has 9 nitrogen and oxygen atoms in total. The first-order valence-electron chi connectivity index (χ1n) is 10.5. The summed E-state index contributed by atoms with van der Waals surface area (Å²) < 4.78 is 5.24. The number of fused-ring (bicyclic) bond motifs is 1. The van der Waals surface area contributed by atoms with Gasteiger partial charge in [0.15, 0.2) is 5.54 Å². The largest absolute Gasteiger partial charge is 0.497 e. The molecule has 3 heterocycles. The number of nitrogens with one attached hydrogen (secondary N) is 3. The molecule has 0 unspecified atom stereocenters. The standard InChI is InChI=1S/C24H23N5O4/c1-13-20(14(2)28-27-13)15-4-7-17(8-5-15)24(22(31)25-23(32)26-24)12-29-11-16-6-9-18(33-3)10-19(16)21(29)30/h4-10H,11-12H2,1-3H3,(H,27,28)(H2,25,26,31,32)/t24-/m1/s1. The molecule has 0 bridgehead atoms. The first kappa shape index (κ1) is 20.7. The lowest BCUT2D eigenvalue weighted by Crippen LogP contribution is -2.52. The van der Waals surface area contributed by atoms with Crippen LogP contribution in [0.5, 0.6) is 5.75 Å². The Kier molecular flexibility index (Phi) is 4.70. The van der Waals surface area contributed by atoms with Crippen molar-refractivity contribution >= 4 is 17.8 Å². The lowest BCUT2D eigenvalue weighted by Gasteiger charge is -2.31. The number of H-pyrrole nitrogens is 1. The summed E-state index contributed by atoms with van der Waals surface area (Å²) >= 11 is 0. The molecule has 0 radical (unpaired) electrons. The smallest absolute Gasteiger partial charge is 0.322 e. The molecule has 3 N–H and O–H groups in total. The first-order valence-corrected chi connectivity index (χ1v) is 10.5. The van der Waals surface area contributed by atoms with E-state index in [0.717, 1.165) is 28.1 Å². The number of ether oxygens (including phenoxy) is 1. The Bertz CT molecular complexity index is 1280. The van der Waals surface area contributed by atoms with E-state index in [1.807, 2.05) is 44.2 Å². The van der Waals surface area contributed by atoms with Crippen molar-refractivity contribution in [3.8, 4) is 16.9 Å². The Morgan fingerprint density at radius 1 is 1.09 bits per heavy atom. The van der Waals surface area contributed by atoms with E-state index in [1.165, 1.54) is 0 Å². The van der Waals surface area contributed by atoms with Gasteiger partial charge < -0.3 is 15.0 Å². The second-order valence-corrected chi connectivity index (χ2v) is 8.38. The molecule has 33 heavy (non-hydrogen) atoms. The van der Waals surface area contributed by atoms with Gasteiger partial charge in [0, 0.05) is 23.4 Å². The van der Waals surface area contributed by atoms with Crippen molar-refractivity contribution in [1.82, 2.24) is 25.7 Å². The zero-order valence-corrected chi connectivity index (χ0v) is 18.5. The van der Waals surface area contributed by atoms with Crippen LogP contribution in [0.2, 0.25) is 0 Å². The van der Waals surface area contributed by atoms with Gasteiger partial charge in [-0.25, -0.2) is 4.79 Å². The van der Waals surface area contributed by atoms with Crippen LogP contribution in [0.4, 0.5) is 4.79 Å². The maximum absolute atomic E-state index is 13.1. The Morgan fingerprint density at radius 3 is 2.45 bits per heavy atom. The van der Waals surface area contributed by atoms with Crippen molar-refractivity contribution < 1.29 is 19.1 Å². The normalized spacial score (nSPS) is 19.5. The summed E-state index contributed by atoms with van der Waals surface area (Å²) in [7, 11) is 1.54. The number of nitrogens with zero attached hydrogens (tertiary/aromatic N) is 2. The highest BCUT2D eigenvalue weighted by atomic mass is 16.5. The maximum Gasteiger partial charge on any atom is 0.322 e. The number of urea groups is 1. The number of aromatic amines is 1. The van der Waals surface area contributed by atoms with E-state index in [-0.39, 0.29) is 12.5 Å². The zero-order chi connectivity index (χ0) is 23.3. The third-order valence-electron chi connectivity index (χ3n) is 6.36. The average molecular weight is 445 g/mol. The van der Waals surface area contributed by atoms with Crippen LogP contribution in [0.15, 0.2) is 42.5 Å². The van der Waals surface area contributed by atoms with Crippen LogP contribution in [-0.2, 0) is 16.9 Å². The molecule has 1 aromatic heterocycles. The van der Waals surface area contributed by atoms with Gasteiger partial charge in [-0.2, -0.15) is 5.10 Å². The molecule has 2 aromatic carbocycles. The van der Waals surface area contributed by atoms with Crippen LogP contribution in [0, 0.1) is 13.8 Å². The zero-order valence-electron chi connectivity index (χ0n) is 18.5. The number of aromatic nitrogens is 2. The number of aryl methyl sites for hydroxylation is 2. The molecular weight excluding hydrogens is 422 g/mol. The lowest BCUT2D eigenvalue weighted by atomic mass is 9.88. The maximum atomic E-state index is 13.1. The SMILES string of the molecule is COc1ccc2c(c1)C(=O)N(C[C@]1(c3ccc(-c4c(C)n[nH]c4C)cc3)NC(=O)NC1=O)C2. The average Bonchev–Trinajstić information content (AvgIpc) is 3.41. The van der Waals surface area contributed by atoms with Gasteiger partial charge in [-0.3, -0.25) is 20.0 Å². The molecule has 0 spiro atoms. The quantitative estimate of drug-likeness (QED) is 0.522. The summed E-state index contributed by atoms with van der Waals surface area (Å²) in [6.07, 6.45) is 0. The molecule has 5 rings (SSSR count). The summed E-state index contributed by atoms with van der Waals surface area (Å²) in [6.45, 7) is 4.21. The second kappa shape index (κ2) is 7.47. The Balaban J connectivity index is 1.49. The van der Waals surface area contributed by atoms with Crippen molar-refractivity contribution in [2.45, 2.75) is 25.9 Å². The van der Waals surface area contributed by atoms with Crippen molar-refractivity contribution in [3.05, 3.63) is 70.5 Å². The molecule has 9 heteroatoms. The number of benzene rings is 2.